The maximum absolute atomic E-state index is 8.20. The smallest absolute Gasteiger partial charge is 0.0701 e. The Bertz CT molecular complexity index is 61.6. The van der Waals surface area contributed by atoms with Crippen LogP contribution < -0.4 is 0 Å². The summed E-state index contributed by atoms with van der Waals surface area (Å²) in [6, 6.07) is 0. The average molecular weight is 196 g/mol. The van der Waals surface area contributed by atoms with Crippen molar-refractivity contribution in [1.82, 2.24) is 0 Å². The summed E-state index contributed by atoms with van der Waals surface area (Å²) in [6.45, 7) is 2.22. The van der Waals surface area contributed by atoms with E-state index in [-0.39, 0.29) is 13.2 Å². The first-order valence-corrected chi connectivity index (χ1v) is 4.10. The lowest BCUT2D eigenvalue weighted by Gasteiger charge is -1.98. The fourth-order valence-corrected chi connectivity index (χ4v) is 0.400. The highest BCUT2D eigenvalue weighted by Crippen LogP contribution is 1.72. The molecule has 5 nitrogen and oxygen atoms in total. The van der Waals surface area contributed by atoms with E-state index in [1.807, 2.05) is 0 Å². The molecule has 0 aliphatic rings. The average Bonchev–Trinajstić information content (AvgIpc) is 2.15. The lowest BCUT2D eigenvalue weighted by atomic mass is 10.7. The molecule has 0 atom stereocenters. The highest BCUT2D eigenvalue weighted by atomic mass is 16.5. The number of aliphatic hydroxyl groups is 2. The first kappa shape index (κ1) is 15.3. The summed E-state index contributed by atoms with van der Waals surface area (Å²) in [5.41, 5.74) is 0. The first-order valence-electron chi connectivity index (χ1n) is 4.10. The number of ether oxygens (including phenoxy) is 3. The molecular formula is C8H20O5. The molecule has 0 saturated heterocycles. The Labute approximate surface area is 79.2 Å². The van der Waals surface area contributed by atoms with Crippen LogP contribution in [0.25, 0.3) is 0 Å². The van der Waals surface area contributed by atoms with Gasteiger partial charge in [0.05, 0.1) is 39.6 Å². The van der Waals surface area contributed by atoms with Gasteiger partial charge in [-0.2, -0.15) is 0 Å². The molecule has 0 saturated carbocycles. The van der Waals surface area contributed by atoms with Crippen LogP contribution in [0.2, 0.25) is 0 Å². The molecule has 0 aliphatic heterocycles. The molecule has 0 aliphatic carbocycles. The minimum absolute atomic E-state index is 0.0870. The lowest BCUT2D eigenvalue weighted by Crippen LogP contribution is -2.05. The summed E-state index contributed by atoms with van der Waals surface area (Å²) < 4.78 is 14.0. The molecule has 0 fully saturated rings. The van der Waals surface area contributed by atoms with Crippen molar-refractivity contribution >= 4 is 0 Å². The van der Waals surface area contributed by atoms with E-state index >= 15 is 0 Å². The van der Waals surface area contributed by atoms with Gasteiger partial charge in [0.2, 0.25) is 0 Å². The van der Waals surface area contributed by atoms with Gasteiger partial charge in [-0.3, -0.25) is 0 Å². The summed E-state index contributed by atoms with van der Waals surface area (Å²) in [4.78, 5) is 0. The monoisotopic (exact) mass is 196 g/mol. The Morgan fingerprint density at radius 3 is 1.62 bits per heavy atom. The van der Waals surface area contributed by atoms with Crippen molar-refractivity contribution in [3.05, 3.63) is 0 Å². The van der Waals surface area contributed by atoms with Crippen molar-refractivity contribution < 1.29 is 24.4 Å². The van der Waals surface area contributed by atoms with E-state index in [1.54, 1.807) is 14.2 Å². The minimum Gasteiger partial charge on any atom is -0.394 e. The van der Waals surface area contributed by atoms with Gasteiger partial charge in [-0.15, -0.1) is 0 Å². The van der Waals surface area contributed by atoms with E-state index in [1.165, 1.54) is 0 Å². The standard InChI is InChI=1S/C5H12O3.C3H8O2/c1-7-4-5-8-3-2-6;1-5-3-2-4/h6H,2-5H2,1H3;4H,2-3H2,1H3. The fourth-order valence-electron chi connectivity index (χ4n) is 0.400. The third kappa shape index (κ3) is 24.5. The third-order valence-corrected chi connectivity index (χ3v) is 0.963. The molecule has 13 heavy (non-hydrogen) atoms. The number of hydrogen-bond acceptors (Lipinski definition) is 5. The summed E-state index contributed by atoms with van der Waals surface area (Å²) in [7, 11) is 3.17. The second-order valence-corrected chi connectivity index (χ2v) is 2.05. The van der Waals surface area contributed by atoms with E-state index in [9.17, 15) is 0 Å². The van der Waals surface area contributed by atoms with Crippen molar-refractivity contribution in [3.63, 3.8) is 0 Å². The maximum atomic E-state index is 8.20. The van der Waals surface area contributed by atoms with Gasteiger partial charge in [0.25, 0.3) is 0 Å². The van der Waals surface area contributed by atoms with Gasteiger partial charge < -0.3 is 24.4 Å². The quantitative estimate of drug-likeness (QED) is 0.525. The van der Waals surface area contributed by atoms with Crippen LogP contribution in [0.3, 0.4) is 0 Å². The van der Waals surface area contributed by atoms with Crippen LogP contribution in [0.5, 0.6) is 0 Å². The Hall–Kier alpha value is -0.200. The molecule has 0 spiro atoms. The topological polar surface area (TPSA) is 68.2 Å². The Balaban J connectivity index is 0. The lowest BCUT2D eigenvalue weighted by molar-refractivity contribution is 0.0500. The van der Waals surface area contributed by atoms with E-state index < -0.39 is 0 Å². The molecule has 0 unspecified atom stereocenters. The molecule has 0 heterocycles. The van der Waals surface area contributed by atoms with Crippen LogP contribution >= 0.6 is 0 Å². The van der Waals surface area contributed by atoms with Gasteiger partial charge in [0.1, 0.15) is 0 Å². The summed E-state index contributed by atoms with van der Waals surface area (Å²) in [6.07, 6.45) is 0. The number of methoxy groups -OCH3 is 2. The Morgan fingerprint density at radius 1 is 0.769 bits per heavy atom. The van der Waals surface area contributed by atoms with Gasteiger partial charge in [-0.1, -0.05) is 0 Å². The molecule has 0 rings (SSSR count). The predicted octanol–water partition coefficient (Wildman–Crippen LogP) is -0.733. The van der Waals surface area contributed by atoms with Crippen molar-refractivity contribution in [3.8, 4) is 0 Å². The zero-order valence-electron chi connectivity index (χ0n) is 8.36. The second-order valence-electron chi connectivity index (χ2n) is 2.05. The maximum Gasteiger partial charge on any atom is 0.0701 e. The van der Waals surface area contributed by atoms with Crippen LogP contribution in [0.1, 0.15) is 0 Å². The molecule has 0 aromatic carbocycles. The van der Waals surface area contributed by atoms with Crippen molar-refractivity contribution in [2.45, 2.75) is 0 Å². The highest BCUT2D eigenvalue weighted by Gasteiger charge is 1.82. The molecule has 2 N–H and O–H groups in total. The van der Waals surface area contributed by atoms with Crippen LogP contribution in [-0.2, 0) is 14.2 Å². The summed E-state index contributed by atoms with van der Waals surface area (Å²) in [5, 5.41) is 16.1. The number of aliphatic hydroxyl groups excluding tert-OH is 2. The van der Waals surface area contributed by atoms with Gasteiger partial charge in [0, 0.05) is 14.2 Å². The zero-order valence-corrected chi connectivity index (χ0v) is 8.36. The minimum atomic E-state index is 0.0870. The zero-order chi connectivity index (χ0) is 10.4. The normalized spacial score (nSPS) is 9.23. The molecule has 0 amide bonds. The van der Waals surface area contributed by atoms with Crippen LogP contribution in [0.15, 0.2) is 0 Å². The van der Waals surface area contributed by atoms with Gasteiger partial charge in [-0.25, -0.2) is 0 Å². The van der Waals surface area contributed by atoms with Crippen LogP contribution in [-0.4, -0.2) is 64.1 Å². The second kappa shape index (κ2) is 17.8. The van der Waals surface area contributed by atoms with Crippen LogP contribution in [0, 0.1) is 0 Å². The molecule has 0 bridgehead atoms. The fraction of sp³-hybridized carbons (Fsp3) is 1.00. The van der Waals surface area contributed by atoms with Gasteiger partial charge in [0.15, 0.2) is 0 Å². The Morgan fingerprint density at radius 2 is 1.31 bits per heavy atom. The van der Waals surface area contributed by atoms with Crippen LogP contribution in [0.4, 0.5) is 0 Å². The predicted molar refractivity (Wildman–Crippen MR) is 48.7 cm³/mol. The largest absolute Gasteiger partial charge is 0.394 e. The molecule has 0 aromatic rings. The van der Waals surface area contributed by atoms with Crippen molar-refractivity contribution in [2.75, 3.05) is 53.9 Å². The first-order chi connectivity index (χ1) is 6.33. The Kier molecular flexibility index (Phi) is 20.9. The van der Waals surface area contributed by atoms with Crippen molar-refractivity contribution in [1.29, 1.82) is 0 Å². The summed E-state index contributed by atoms with van der Waals surface area (Å²) >= 11 is 0. The number of rotatable bonds is 7. The molecule has 0 radical (unpaired) electrons. The molecule has 5 heteroatoms. The third-order valence-electron chi connectivity index (χ3n) is 0.963. The van der Waals surface area contributed by atoms with E-state index in [0.29, 0.717) is 26.4 Å². The van der Waals surface area contributed by atoms with E-state index in [2.05, 4.69) is 9.47 Å². The molecule has 82 valence electrons. The molecular weight excluding hydrogens is 176 g/mol. The van der Waals surface area contributed by atoms with Gasteiger partial charge >= 0.3 is 0 Å². The van der Waals surface area contributed by atoms with Gasteiger partial charge in [-0.05, 0) is 0 Å². The highest BCUT2D eigenvalue weighted by molar-refractivity contribution is 4.26. The van der Waals surface area contributed by atoms with E-state index in [0.717, 1.165) is 0 Å². The van der Waals surface area contributed by atoms with E-state index in [4.69, 9.17) is 14.9 Å². The number of hydrogen-bond donors (Lipinski definition) is 2. The van der Waals surface area contributed by atoms with Crippen molar-refractivity contribution in [2.24, 2.45) is 0 Å². The summed E-state index contributed by atoms with van der Waals surface area (Å²) in [5.74, 6) is 0. The SMILES string of the molecule is COCCO.COCCOCCO. The molecule has 0 aromatic heterocycles.